The van der Waals surface area contributed by atoms with E-state index in [0.717, 1.165) is 22.6 Å². The van der Waals surface area contributed by atoms with Crippen molar-refractivity contribution in [1.82, 2.24) is 14.6 Å². The average Bonchev–Trinajstić information content (AvgIpc) is 2.93. The van der Waals surface area contributed by atoms with Crippen LogP contribution in [0.15, 0.2) is 42.7 Å². The van der Waals surface area contributed by atoms with Crippen molar-refractivity contribution in [2.75, 3.05) is 5.32 Å². The molecule has 0 bridgehead atoms. The van der Waals surface area contributed by atoms with Gasteiger partial charge in [-0.3, -0.25) is 0 Å². The molecule has 1 aromatic carbocycles. The van der Waals surface area contributed by atoms with Crippen LogP contribution in [0.25, 0.3) is 5.65 Å². The summed E-state index contributed by atoms with van der Waals surface area (Å²) in [5, 5.41) is 16.3. The Labute approximate surface area is 121 Å². The first-order valence-electron chi connectivity index (χ1n) is 6.50. The third kappa shape index (κ3) is 2.69. The molecule has 21 heavy (non-hydrogen) atoms. The van der Waals surface area contributed by atoms with Crippen molar-refractivity contribution >= 4 is 17.4 Å². The van der Waals surface area contributed by atoms with E-state index < -0.39 is 5.97 Å². The van der Waals surface area contributed by atoms with E-state index in [0.29, 0.717) is 6.54 Å². The van der Waals surface area contributed by atoms with Gasteiger partial charge in [0.05, 0.1) is 5.56 Å². The molecule has 2 N–H and O–H groups in total. The Hall–Kier alpha value is -2.89. The number of hydrogen-bond donors (Lipinski definition) is 2. The van der Waals surface area contributed by atoms with Crippen LogP contribution in [0.2, 0.25) is 0 Å². The highest BCUT2D eigenvalue weighted by Gasteiger charge is 2.05. The number of aromatic carboxylic acids is 1. The molecule has 0 fully saturated rings. The zero-order valence-electron chi connectivity index (χ0n) is 11.4. The second kappa shape index (κ2) is 5.24. The minimum atomic E-state index is -0.919. The molecule has 0 radical (unpaired) electrons. The first-order chi connectivity index (χ1) is 10.1. The van der Waals surface area contributed by atoms with Crippen LogP contribution in [0.5, 0.6) is 0 Å². The standard InChI is InChI=1S/C15H14N4O2/c1-10-6-13(19-14(7-10)17-9-18-19)16-8-11-2-4-12(5-3-11)15(20)21/h2-7,9,16H,8H2,1H3,(H,20,21). The van der Waals surface area contributed by atoms with Crippen molar-refractivity contribution in [1.29, 1.82) is 0 Å². The summed E-state index contributed by atoms with van der Waals surface area (Å²) in [5.74, 6) is -0.0673. The van der Waals surface area contributed by atoms with Crippen molar-refractivity contribution < 1.29 is 9.90 Å². The summed E-state index contributed by atoms with van der Waals surface area (Å²) in [7, 11) is 0. The molecule has 0 aliphatic carbocycles. The molecule has 6 nitrogen and oxygen atoms in total. The predicted molar refractivity (Wildman–Crippen MR) is 78.5 cm³/mol. The van der Waals surface area contributed by atoms with Crippen LogP contribution in [0.3, 0.4) is 0 Å². The van der Waals surface area contributed by atoms with E-state index in [4.69, 9.17) is 5.11 Å². The predicted octanol–water partition coefficient (Wildman–Crippen LogP) is 2.35. The normalized spacial score (nSPS) is 10.7. The molecule has 0 spiro atoms. The van der Waals surface area contributed by atoms with Crippen molar-refractivity contribution in [2.45, 2.75) is 13.5 Å². The molecule has 2 aromatic heterocycles. The monoisotopic (exact) mass is 282 g/mol. The van der Waals surface area contributed by atoms with Gasteiger partial charge in [-0.25, -0.2) is 9.78 Å². The van der Waals surface area contributed by atoms with Gasteiger partial charge in [0, 0.05) is 6.54 Å². The van der Waals surface area contributed by atoms with Gasteiger partial charge in [-0.05, 0) is 42.3 Å². The number of benzene rings is 1. The Morgan fingerprint density at radius 1 is 1.29 bits per heavy atom. The maximum Gasteiger partial charge on any atom is 0.335 e. The van der Waals surface area contributed by atoms with Crippen molar-refractivity contribution in [3.8, 4) is 0 Å². The number of aryl methyl sites for hydroxylation is 1. The molecule has 0 saturated carbocycles. The van der Waals surface area contributed by atoms with Crippen LogP contribution in [-0.4, -0.2) is 25.7 Å². The van der Waals surface area contributed by atoms with Crippen LogP contribution in [0.1, 0.15) is 21.5 Å². The number of aromatic nitrogens is 3. The molecule has 0 atom stereocenters. The van der Waals surface area contributed by atoms with Gasteiger partial charge in [-0.1, -0.05) is 12.1 Å². The summed E-state index contributed by atoms with van der Waals surface area (Å²) in [6, 6.07) is 10.7. The zero-order chi connectivity index (χ0) is 14.8. The Kier molecular flexibility index (Phi) is 3.27. The van der Waals surface area contributed by atoms with E-state index in [1.165, 1.54) is 6.33 Å². The number of carbonyl (C=O) groups is 1. The number of carboxylic acids is 1. The molecule has 0 unspecified atom stereocenters. The maximum absolute atomic E-state index is 10.8. The summed E-state index contributed by atoms with van der Waals surface area (Å²) in [4.78, 5) is 15.0. The third-order valence-corrected chi connectivity index (χ3v) is 3.20. The van der Waals surface area contributed by atoms with Gasteiger partial charge in [0.2, 0.25) is 0 Å². The second-order valence-corrected chi connectivity index (χ2v) is 4.80. The van der Waals surface area contributed by atoms with Crippen LogP contribution >= 0.6 is 0 Å². The third-order valence-electron chi connectivity index (χ3n) is 3.20. The maximum atomic E-state index is 10.8. The fraction of sp³-hybridized carbons (Fsp3) is 0.133. The SMILES string of the molecule is Cc1cc(NCc2ccc(C(=O)O)cc2)n2ncnc2c1. The molecular formula is C15H14N4O2. The van der Waals surface area contributed by atoms with E-state index >= 15 is 0 Å². The average molecular weight is 282 g/mol. The van der Waals surface area contributed by atoms with Gasteiger partial charge < -0.3 is 10.4 Å². The van der Waals surface area contributed by atoms with Gasteiger partial charge in [0.25, 0.3) is 0 Å². The Morgan fingerprint density at radius 2 is 2.05 bits per heavy atom. The lowest BCUT2D eigenvalue weighted by Crippen LogP contribution is -2.06. The lowest BCUT2D eigenvalue weighted by molar-refractivity contribution is 0.0697. The Balaban J connectivity index is 1.80. The molecular weight excluding hydrogens is 268 g/mol. The number of fused-ring (bicyclic) bond motifs is 1. The lowest BCUT2D eigenvalue weighted by Gasteiger charge is -2.09. The highest BCUT2D eigenvalue weighted by molar-refractivity contribution is 5.87. The molecule has 3 aromatic rings. The van der Waals surface area contributed by atoms with Crippen LogP contribution in [0, 0.1) is 6.92 Å². The van der Waals surface area contributed by atoms with Crippen LogP contribution < -0.4 is 5.32 Å². The fourth-order valence-electron chi connectivity index (χ4n) is 2.14. The number of nitrogens with one attached hydrogen (secondary N) is 1. The van der Waals surface area contributed by atoms with Gasteiger partial charge in [0.1, 0.15) is 12.1 Å². The molecule has 0 saturated heterocycles. The number of carboxylic acid groups (broad SMARTS) is 1. The van der Waals surface area contributed by atoms with E-state index in [9.17, 15) is 4.79 Å². The topological polar surface area (TPSA) is 79.5 Å². The summed E-state index contributed by atoms with van der Waals surface area (Å²) < 4.78 is 1.73. The Bertz CT molecular complexity index is 793. The smallest absolute Gasteiger partial charge is 0.335 e. The number of rotatable bonds is 4. The highest BCUT2D eigenvalue weighted by Crippen LogP contribution is 2.14. The summed E-state index contributed by atoms with van der Waals surface area (Å²) >= 11 is 0. The largest absolute Gasteiger partial charge is 0.478 e. The fourth-order valence-corrected chi connectivity index (χ4v) is 2.14. The van der Waals surface area contributed by atoms with Gasteiger partial charge >= 0.3 is 5.97 Å². The molecule has 0 aliphatic heterocycles. The van der Waals surface area contributed by atoms with Gasteiger partial charge in [0.15, 0.2) is 5.65 Å². The number of nitrogens with zero attached hydrogens (tertiary/aromatic N) is 3. The van der Waals surface area contributed by atoms with E-state index in [-0.39, 0.29) is 5.56 Å². The molecule has 0 amide bonds. The molecule has 2 heterocycles. The first kappa shape index (κ1) is 13.1. The molecule has 0 aliphatic rings. The lowest BCUT2D eigenvalue weighted by atomic mass is 10.1. The summed E-state index contributed by atoms with van der Waals surface area (Å²) in [6.45, 7) is 2.58. The summed E-state index contributed by atoms with van der Waals surface area (Å²) in [6.07, 6.45) is 1.52. The minimum absolute atomic E-state index is 0.285. The summed E-state index contributed by atoms with van der Waals surface area (Å²) in [5.41, 5.74) is 3.17. The highest BCUT2D eigenvalue weighted by atomic mass is 16.4. The number of anilines is 1. The van der Waals surface area contributed by atoms with E-state index in [1.807, 2.05) is 19.1 Å². The van der Waals surface area contributed by atoms with Crippen LogP contribution in [-0.2, 0) is 6.54 Å². The van der Waals surface area contributed by atoms with Crippen molar-refractivity contribution in [3.05, 3.63) is 59.4 Å². The molecule has 106 valence electrons. The zero-order valence-corrected chi connectivity index (χ0v) is 11.4. The van der Waals surface area contributed by atoms with Crippen molar-refractivity contribution in [3.63, 3.8) is 0 Å². The van der Waals surface area contributed by atoms with Crippen LogP contribution in [0.4, 0.5) is 5.82 Å². The Morgan fingerprint density at radius 3 is 2.76 bits per heavy atom. The minimum Gasteiger partial charge on any atom is -0.478 e. The van der Waals surface area contributed by atoms with Gasteiger partial charge in [-0.2, -0.15) is 9.61 Å². The second-order valence-electron chi connectivity index (χ2n) is 4.80. The molecule has 3 rings (SSSR count). The molecule has 6 heteroatoms. The van der Waals surface area contributed by atoms with Gasteiger partial charge in [-0.15, -0.1) is 0 Å². The number of pyridine rings is 1. The first-order valence-corrected chi connectivity index (χ1v) is 6.50. The van der Waals surface area contributed by atoms with Crippen molar-refractivity contribution in [2.24, 2.45) is 0 Å². The van der Waals surface area contributed by atoms with E-state index in [1.54, 1.807) is 28.8 Å². The quantitative estimate of drug-likeness (QED) is 0.768. The number of hydrogen-bond acceptors (Lipinski definition) is 4. The van der Waals surface area contributed by atoms with E-state index in [2.05, 4.69) is 15.4 Å².